The maximum Gasteiger partial charge on any atom is 0.141 e. The predicted molar refractivity (Wildman–Crippen MR) is 71.7 cm³/mol. The molecule has 0 radical (unpaired) electrons. The Labute approximate surface area is 109 Å². The van der Waals surface area contributed by atoms with Gasteiger partial charge in [0.05, 0.1) is 11.6 Å². The fraction of sp³-hybridized carbons (Fsp3) is 0.0909. The Kier molecular flexibility index (Phi) is 3.49. The lowest BCUT2D eigenvalue weighted by Gasteiger charge is -2.09. The van der Waals surface area contributed by atoms with Crippen LogP contribution >= 0.6 is 43.2 Å². The molecule has 15 heavy (non-hydrogen) atoms. The van der Waals surface area contributed by atoms with Crippen LogP contribution in [0, 0.1) is 0 Å². The van der Waals surface area contributed by atoms with Gasteiger partial charge < -0.3 is 4.74 Å². The van der Waals surface area contributed by atoms with Crippen molar-refractivity contribution < 1.29 is 4.74 Å². The molecule has 0 saturated heterocycles. The lowest BCUT2D eigenvalue weighted by atomic mass is 10.1. The van der Waals surface area contributed by atoms with Gasteiger partial charge in [0.1, 0.15) is 5.75 Å². The van der Waals surface area contributed by atoms with Gasteiger partial charge in [0.25, 0.3) is 0 Å². The van der Waals surface area contributed by atoms with E-state index in [2.05, 4.69) is 49.4 Å². The van der Waals surface area contributed by atoms with Crippen molar-refractivity contribution in [1.82, 2.24) is 0 Å². The first kappa shape index (κ1) is 11.2. The minimum absolute atomic E-state index is 0.876. The van der Waals surface area contributed by atoms with Gasteiger partial charge in [0.2, 0.25) is 0 Å². The summed E-state index contributed by atoms with van der Waals surface area (Å²) in [6.07, 6.45) is 0. The van der Waals surface area contributed by atoms with Crippen LogP contribution < -0.4 is 4.74 Å². The molecule has 1 aromatic heterocycles. The fourth-order valence-corrected chi connectivity index (χ4v) is 3.51. The number of thiophene rings is 1. The summed E-state index contributed by atoms with van der Waals surface area (Å²) in [5.41, 5.74) is 1.11. The van der Waals surface area contributed by atoms with E-state index in [1.807, 2.05) is 12.1 Å². The summed E-state index contributed by atoms with van der Waals surface area (Å²) >= 11 is 8.68. The molecule has 0 bridgehead atoms. The molecule has 1 aromatic carbocycles. The van der Waals surface area contributed by atoms with Crippen LogP contribution in [0.15, 0.2) is 38.6 Å². The molecule has 0 aliphatic rings. The van der Waals surface area contributed by atoms with Crippen LogP contribution in [0.4, 0.5) is 0 Å². The van der Waals surface area contributed by atoms with Crippen molar-refractivity contribution in [3.63, 3.8) is 0 Å². The highest BCUT2D eigenvalue weighted by Gasteiger charge is 2.11. The smallest absolute Gasteiger partial charge is 0.141 e. The minimum atomic E-state index is 0.876. The number of ether oxygens (including phenoxy) is 1. The highest BCUT2D eigenvalue weighted by atomic mass is 79.9. The predicted octanol–water partition coefficient (Wildman–Crippen LogP) is 4.95. The summed E-state index contributed by atoms with van der Waals surface area (Å²) in [6.45, 7) is 0. The maximum atomic E-state index is 5.39. The standard InChI is InChI=1S/C11H8Br2OS/c1-14-11-8(10-3-2-4-15-10)5-7(12)6-9(11)13/h2-6H,1H3. The summed E-state index contributed by atoms with van der Waals surface area (Å²) in [6, 6.07) is 8.17. The molecule has 0 spiro atoms. The molecular weight excluding hydrogens is 340 g/mol. The van der Waals surface area contributed by atoms with E-state index in [1.165, 1.54) is 4.88 Å². The van der Waals surface area contributed by atoms with Crippen LogP contribution in [0.25, 0.3) is 10.4 Å². The number of hydrogen-bond acceptors (Lipinski definition) is 2. The Balaban J connectivity index is 2.64. The summed E-state index contributed by atoms with van der Waals surface area (Å²) in [5.74, 6) is 0.876. The second kappa shape index (κ2) is 4.68. The Bertz CT molecular complexity index is 466. The van der Waals surface area contributed by atoms with Gasteiger partial charge in [-0.05, 0) is 39.5 Å². The summed E-state index contributed by atoms with van der Waals surface area (Å²) in [7, 11) is 1.69. The zero-order valence-corrected chi connectivity index (χ0v) is 11.9. The summed E-state index contributed by atoms with van der Waals surface area (Å²) in [4.78, 5) is 1.20. The molecule has 78 valence electrons. The van der Waals surface area contributed by atoms with E-state index in [4.69, 9.17) is 4.74 Å². The van der Waals surface area contributed by atoms with Gasteiger partial charge in [0, 0.05) is 14.9 Å². The van der Waals surface area contributed by atoms with Gasteiger partial charge >= 0.3 is 0 Å². The first-order chi connectivity index (χ1) is 7.22. The molecule has 0 saturated carbocycles. The van der Waals surface area contributed by atoms with Crippen LogP contribution in [0.2, 0.25) is 0 Å². The Hall–Kier alpha value is -0.320. The Morgan fingerprint density at radius 2 is 2.07 bits per heavy atom. The second-order valence-corrected chi connectivity index (χ2v) is 5.66. The zero-order valence-electron chi connectivity index (χ0n) is 7.96. The molecule has 1 heterocycles. The minimum Gasteiger partial charge on any atom is -0.495 e. The van der Waals surface area contributed by atoms with E-state index < -0.39 is 0 Å². The molecule has 1 nitrogen and oxygen atoms in total. The average molecular weight is 348 g/mol. The molecule has 4 heteroatoms. The van der Waals surface area contributed by atoms with Crippen molar-refractivity contribution in [2.45, 2.75) is 0 Å². The van der Waals surface area contributed by atoms with Gasteiger partial charge in [0.15, 0.2) is 0 Å². The second-order valence-electron chi connectivity index (χ2n) is 2.95. The Morgan fingerprint density at radius 3 is 2.67 bits per heavy atom. The molecule has 0 amide bonds. The van der Waals surface area contributed by atoms with E-state index in [0.717, 1.165) is 20.3 Å². The van der Waals surface area contributed by atoms with Gasteiger partial charge in [-0.2, -0.15) is 0 Å². The average Bonchev–Trinajstić information content (AvgIpc) is 2.69. The quantitative estimate of drug-likeness (QED) is 0.746. The van der Waals surface area contributed by atoms with E-state index in [1.54, 1.807) is 18.4 Å². The fourth-order valence-electron chi connectivity index (χ4n) is 1.38. The van der Waals surface area contributed by atoms with Crippen molar-refractivity contribution in [3.05, 3.63) is 38.6 Å². The third-order valence-electron chi connectivity index (χ3n) is 2.00. The monoisotopic (exact) mass is 346 g/mol. The SMILES string of the molecule is COc1c(Br)cc(Br)cc1-c1cccs1. The molecule has 0 atom stereocenters. The normalized spacial score (nSPS) is 10.3. The molecular formula is C11H8Br2OS. The van der Waals surface area contributed by atoms with Crippen LogP contribution in [-0.2, 0) is 0 Å². The highest BCUT2D eigenvalue weighted by molar-refractivity contribution is 9.11. The summed E-state index contributed by atoms with van der Waals surface area (Å²) in [5, 5.41) is 2.06. The van der Waals surface area contributed by atoms with Crippen molar-refractivity contribution in [2.75, 3.05) is 7.11 Å². The lowest BCUT2D eigenvalue weighted by molar-refractivity contribution is 0.414. The lowest BCUT2D eigenvalue weighted by Crippen LogP contribution is -1.88. The van der Waals surface area contributed by atoms with Crippen LogP contribution in [-0.4, -0.2) is 7.11 Å². The first-order valence-corrected chi connectivity index (χ1v) is 6.76. The van der Waals surface area contributed by atoms with Gasteiger partial charge in [-0.3, -0.25) is 0 Å². The van der Waals surface area contributed by atoms with Crippen LogP contribution in [0.5, 0.6) is 5.75 Å². The number of hydrogen-bond donors (Lipinski definition) is 0. The molecule has 0 aliphatic carbocycles. The maximum absolute atomic E-state index is 5.39. The van der Waals surface area contributed by atoms with E-state index in [0.29, 0.717) is 0 Å². The van der Waals surface area contributed by atoms with E-state index >= 15 is 0 Å². The van der Waals surface area contributed by atoms with Crippen molar-refractivity contribution in [3.8, 4) is 16.2 Å². The summed E-state index contributed by atoms with van der Waals surface area (Å²) < 4.78 is 7.40. The van der Waals surface area contributed by atoms with E-state index in [9.17, 15) is 0 Å². The van der Waals surface area contributed by atoms with E-state index in [-0.39, 0.29) is 0 Å². The largest absolute Gasteiger partial charge is 0.495 e. The molecule has 2 rings (SSSR count). The van der Waals surface area contributed by atoms with Crippen molar-refractivity contribution in [2.24, 2.45) is 0 Å². The zero-order chi connectivity index (χ0) is 10.8. The first-order valence-electron chi connectivity index (χ1n) is 4.29. The molecule has 0 fully saturated rings. The number of rotatable bonds is 2. The topological polar surface area (TPSA) is 9.23 Å². The number of methoxy groups -OCH3 is 1. The molecule has 0 aliphatic heterocycles. The van der Waals surface area contributed by atoms with Crippen molar-refractivity contribution in [1.29, 1.82) is 0 Å². The number of benzene rings is 1. The highest BCUT2D eigenvalue weighted by Crippen LogP contribution is 2.40. The van der Waals surface area contributed by atoms with Crippen LogP contribution in [0.3, 0.4) is 0 Å². The van der Waals surface area contributed by atoms with Gasteiger partial charge in [-0.1, -0.05) is 22.0 Å². The molecule has 2 aromatic rings. The molecule has 0 N–H and O–H groups in total. The van der Waals surface area contributed by atoms with Crippen molar-refractivity contribution >= 4 is 43.2 Å². The van der Waals surface area contributed by atoms with Crippen LogP contribution in [0.1, 0.15) is 0 Å². The van der Waals surface area contributed by atoms with Gasteiger partial charge in [-0.25, -0.2) is 0 Å². The third kappa shape index (κ3) is 2.27. The Morgan fingerprint density at radius 1 is 1.27 bits per heavy atom. The molecule has 0 unspecified atom stereocenters. The third-order valence-corrected chi connectivity index (χ3v) is 3.95. The van der Waals surface area contributed by atoms with Gasteiger partial charge in [-0.15, -0.1) is 11.3 Å². The number of halogens is 2.